The molecule has 4 nitrogen and oxygen atoms in total. The summed E-state index contributed by atoms with van der Waals surface area (Å²) in [5.74, 6) is 0.546. The summed E-state index contributed by atoms with van der Waals surface area (Å²) < 4.78 is 0. The average Bonchev–Trinajstić information content (AvgIpc) is 2.32. The van der Waals surface area contributed by atoms with Crippen molar-refractivity contribution in [2.24, 2.45) is 0 Å². The number of hydrogen-bond acceptors (Lipinski definition) is 4. The van der Waals surface area contributed by atoms with E-state index in [0.717, 1.165) is 11.3 Å². The van der Waals surface area contributed by atoms with Crippen LogP contribution >= 0.6 is 11.6 Å². The van der Waals surface area contributed by atoms with E-state index in [4.69, 9.17) is 17.3 Å². The van der Waals surface area contributed by atoms with Crippen LogP contribution in [0.1, 0.15) is 18.5 Å². The van der Waals surface area contributed by atoms with Crippen LogP contribution in [0.4, 0.5) is 11.6 Å². The molecule has 1 unspecified atom stereocenters. The highest BCUT2D eigenvalue weighted by Gasteiger charge is 2.06. The number of rotatable bonds is 3. The topological polar surface area (TPSA) is 63.8 Å². The maximum Gasteiger partial charge on any atom is 0.223 e. The fourth-order valence-corrected chi connectivity index (χ4v) is 1.59. The molecule has 0 aliphatic heterocycles. The number of nitrogens with zero attached hydrogens (tertiary/aromatic N) is 2. The zero-order valence-corrected chi connectivity index (χ0v) is 10.1. The van der Waals surface area contributed by atoms with Gasteiger partial charge in [-0.1, -0.05) is 23.7 Å². The first-order valence-corrected chi connectivity index (χ1v) is 5.62. The van der Waals surface area contributed by atoms with Crippen LogP contribution in [0.3, 0.4) is 0 Å². The number of nitrogens with two attached hydrogens (primary N) is 1. The molecule has 0 fully saturated rings. The molecule has 0 saturated carbocycles. The summed E-state index contributed by atoms with van der Waals surface area (Å²) in [6.07, 6.45) is 3.12. The zero-order chi connectivity index (χ0) is 12.3. The summed E-state index contributed by atoms with van der Waals surface area (Å²) in [7, 11) is 0. The van der Waals surface area contributed by atoms with Crippen molar-refractivity contribution in [2.75, 3.05) is 11.1 Å². The van der Waals surface area contributed by atoms with Crippen molar-refractivity contribution in [2.45, 2.75) is 13.0 Å². The molecule has 0 bridgehead atoms. The van der Waals surface area contributed by atoms with Crippen molar-refractivity contribution in [3.63, 3.8) is 0 Å². The third-order valence-electron chi connectivity index (χ3n) is 2.38. The minimum Gasteiger partial charge on any atom is -0.399 e. The summed E-state index contributed by atoms with van der Waals surface area (Å²) in [6, 6.07) is 7.79. The van der Waals surface area contributed by atoms with Gasteiger partial charge in [-0.3, -0.25) is 0 Å². The summed E-state index contributed by atoms with van der Waals surface area (Å²) in [5, 5.41) is 3.70. The van der Waals surface area contributed by atoms with Gasteiger partial charge < -0.3 is 11.1 Å². The lowest BCUT2D eigenvalue weighted by molar-refractivity contribution is 0.861. The van der Waals surface area contributed by atoms with Crippen LogP contribution in [0.2, 0.25) is 5.02 Å². The molecule has 5 heteroatoms. The van der Waals surface area contributed by atoms with Gasteiger partial charge in [-0.25, -0.2) is 9.97 Å². The molecule has 1 aromatic heterocycles. The number of nitrogens with one attached hydrogen (secondary N) is 1. The largest absolute Gasteiger partial charge is 0.399 e. The highest BCUT2D eigenvalue weighted by Crippen LogP contribution is 2.18. The van der Waals surface area contributed by atoms with Gasteiger partial charge in [-0.2, -0.15) is 0 Å². The van der Waals surface area contributed by atoms with Gasteiger partial charge in [0.25, 0.3) is 0 Å². The smallest absolute Gasteiger partial charge is 0.223 e. The van der Waals surface area contributed by atoms with Gasteiger partial charge in [-0.15, -0.1) is 0 Å². The highest BCUT2D eigenvalue weighted by molar-refractivity contribution is 6.30. The zero-order valence-electron chi connectivity index (χ0n) is 9.39. The fourth-order valence-electron chi connectivity index (χ4n) is 1.49. The maximum absolute atomic E-state index is 5.73. The minimum absolute atomic E-state index is 0.0830. The monoisotopic (exact) mass is 248 g/mol. The molecule has 88 valence electrons. The molecule has 0 radical (unpaired) electrons. The standard InChI is InChI=1S/C12H13ClN4/c1-8(9-3-2-4-11(14)5-9)17-12-15-6-10(13)7-16-12/h2-8H,14H2,1H3,(H,15,16,17). The second-order valence-electron chi connectivity index (χ2n) is 3.76. The van der Waals surface area contributed by atoms with E-state index in [0.29, 0.717) is 11.0 Å². The second kappa shape index (κ2) is 5.01. The van der Waals surface area contributed by atoms with Gasteiger partial charge in [0, 0.05) is 5.69 Å². The number of anilines is 2. The van der Waals surface area contributed by atoms with Crippen molar-refractivity contribution >= 4 is 23.2 Å². The van der Waals surface area contributed by atoms with E-state index in [1.54, 1.807) is 12.4 Å². The van der Waals surface area contributed by atoms with Crippen LogP contribution < -0.4 is 11.1 Å². The van der Waals surface area contributed by atoms with Crippen LogP contribution in [0.5, 0.6) is 0 Å². The van der Waals surface area contributed by atoms with E-state index in [1.807, 2.05) is 31.2 Å². The second-order valence-corrected chi connectivity index (χ2v) is 4.20. The molecule has 0 aliphatic rings. The van der Waals surface area contributed by atoms with Crippen molar-refractivity contribution in [3.8, 4) is 0 Å². The normalized spacial score (nSPS) is 12.1. The molecule has 17 heavy (non-hydrogen) atoms. The lowest BCUT2D eigenvalue weighted by Crippen LogP contribution is -2.09. The van der Waals surface area contributed by atoms with Gasteiger partial charge in [0.2, 0.25) is 5.95 Å². The Morgan fingerprint density at radius 2 is 2.00 bits per heavy atom. The quantitative estimate of drug-likeness (QED) is 0.820. The first-order valence-electron chi connectivity index (χ1n) is 5.24. The number of aromatic nitrogens is 2. The Kier molecular flexibility index (Phi) is 3.44. The molecule has 0 spiro atoms. The highest BCUT2D eigenvalue weighted by atomic mass is 35.5. The Labute approximate surface area is 105 Å². The number of hydrogen-bond donors (Lipinski definition) is 2. The van der Waals surface area contributed by atoms with E-state index < -0.39 is 0 Å². The van der Waals surface area contributed by atoms with Crippen LogP contribution in [-0.4, -0.2) is 9.97 Å². The van der Waals surface area contributed by atoms with E-state index >= 15 is 0 Å². The van der Waals surface area contributed by atoms with Crippen molar-refractivity contribution < 1.29 is 0 Å². The molecular weight excluding hydrogens is 236 g/mol. The number of halogens is 1. The Morgan fingerprint density at radius 1 is 1.29 bits per heavy atom. The third kappa shape index (κ3) is 3.07. The molecular formula is C12H13ClN4. The molecule has 2 rings (SSSR count). The Bertz CT molecular complexity index is 498. The summed E-state index contributed by atoms with van der Waals surface area (Å²) in [5.41, 5.74) is 7.56. The van der Waals surface area contributed by atoms with Gasteiger partial charge in [0.1, 0.15) is 0 Å². The molecule has 3 N–H and O–H groups in total. The lowest BCUT2D eigenvalue weighted by Gasteiger charge is -2.14. The van der Waals surface area contributed by atoms with Crippen LogP contribution in [0.25, 0.3) is 0 Å². The minimum atomic E-state index is 0.0830. The third-order valence-corrected chi connectivity index (χ3v) is 2.57. The molecule has 0 amide bonds. The SMILES string of the molecule is CC(Nc1ncc(Cl)cn1)c1cccc(N)c1. The van der Waals surface area contributed by atoms with E-state index in [2.05, 4.69) is 15.3 Å². The molecule has 0 saturated heterocycles. The first-order chi connectivity index (χ1) is 8.15. The molecule has 1 atom stereocenters. The van der Waals surface area contributed by atoms with Crippen LogP contribution in [-0.2, 0) is 0 Å². The van der Waals surface area contributed by atoms with E-state index in [-0.39, 0.29) is 6.04 Å². The van der Waals surface area contributed by atoms with Gasteiger partial charge >= 0.3 is 0 Å². The molecule has 2 aromatic rings. The van der Waals surface area contributed by atoms with Crippen molar-refractivity contribution in [3.05, 3.63) is 47.2 Å². The average molecular weight is 249 g/mol. The van der Waals surface area contributed by atoms with Crippen LogP contribution in [0, 0.1) is 0 Å². The van der Waals surface area contributed by atoms with Crippen molar-refractivity contribution in [1.29, 1.82) is 0 Å². The molecule has 0 aliphatic carbocycles. The predicted octanol–water partition coefficient (Wildman–Crippen LogP) is 2.89. The fraction of sp³-hybridized carbons (Fsp3) is 0.167. The molecule has 1 heterocycles. The Morgan fingerprint density at radius 3 is 2.65 bits per heavy atom. The van der Waals surface area contributed by atoms with E-state index in [9.17, 15) is 0 Å². The number of nitrogen functional groups attached to an aromatic ring is 1. The Hall–Kier alpha value is -1.81. The van der Waals surface area contributed by atoms with Crippen LogP contribution in [0.15, 0.2) is 36.7 Å². The Balaban J connectivity index is 2.11. The lowest BCUT2D eigenvalue weighted by atomic mass is 10.1. The maximum atomic E-state index is 5.73. The van der Waals surface area contributed by atoms with Gasteiger partial charge in [0.05, 0.1) is 23.5 Å². The first kappa shape index (κ1) is 11.7. The summed E-state index contributed by atoms with van der Waals surface area (Å²) in [6.45, 7) is 2.02. The predicted molar refractivity (Wildman–Crippen MR) is 69.9 cm³/mol. The van der Waals surface area contributed by atoms with Crippen molar-refractivity contribution in [1.82, 2.24) is 9.97 Å². The van der Waals surface area contributed by atoms with E-state index in [1.165, 1.54) is 0 Å². The summed E-state index contributed by atoms with van der Waals surface area (Å²) in [4.78, 5) is 8.16. The van der Waals surface area contributed by atoms with Gasteiger partial charge in [0.15, 0.2) is 0 Å². The molecule has 1 aromatic carbocycles. The number of benzene rings is 1. The summed E-state index contributed by atoms with van der Waals surface area (Å²) >= 11 is 5.72. The van der Waals surface area contributed by atoms with Gasteiger partial charge in [-0.05, 0) is 24.6 Å².